The predicted octanol–water partition coefficient (Wildman–Crippen LogP) is 8.71. The van der Waals surface area contributed by atoms with Gasteiger partial charge in [0.15, 0.2) is 11.4 Å². The molecule has 33 heteroatoms. The number of para-hydroxylation sites is 1. The maximum absolute atomic E-state index is 12.9. The van der Waals surface area contributed by atoms with Crippen LogP contribution in [0.5, 0.6) is 17.4 Å². The first-order valence-electron chi connectivity index (χ1n) is 20.4. The highest BCUT2D eigenvalue weighted by atomic mass is 32.2. The molecule has 0 saturated carbocycles. The molecular formula is C41H33N9O18S6. The topological polar surface area (TPSA) is 426 Å². The lowest BCUT2D eigenvalue weighted by Crippen LogP contribution is -2.08. The second-order valence-corrected chi connectivity index (χ2v) is 23.8. The number of benzene rings is 6. The monoisotopic (exact) mass is 1130 g/mol. The normalized spacial score (nSPS) is 13.2. The van der Waals surface area contributed by atoms with E-state index < -0.39 is 115 Å². The maximum atomic E-state index is 12.9. The molecule has 0 spiro atoms. The van der Waals surface area contributed by atoms with Gasteiger partial charge < -0.3 is 14.9 Å². The molecule has 0 fully saturated rings. The zero-order valence-electron chi connectivity index (χ0n) is 37.3. The number of ether oxygens (including phenoxy) is 1. The van der Waals surface area contributed by atoms with Crippen LogP contribution >= 0.6 is 11.3 Å². The largest absolute Gasteiger partial charge is 0.505 e. The molecule has 0 aliphatic rings. The summed E-state index contributed by atoms with van der Waals surface area (Å²) in [7, 11) is -25.6. The maximum Gasteiger partial charge on any atom is 0.297 e. The lowest BCUT2D eigenvalue weighted by Gasteiger charge is -2.13. The first-order valence-corrected chi connectivity index (χ1v) is 28.6. The van der Waals surface area contributed by atoms with Crippen molar-refractivity contribution in [2.75, 3.05) is 12.4 Å². The molecule has 0 aliphatic carbocycles. The Hall–Kier alpha value is -7.31. The number of aromatic hydroxyl groups is 2. The van der Waals surface area contributed by atoms with Crippen molar-refractivity contribution in [3.8, 4) is 23.1 Å². The van der Waals surface area contributed by atoms with E-state index in [9.17, 15) is 75.1 Å². The van der Waals surface area contributed by atoms with Gasteiger partial charge in [0.25, 0.3) is 50.6 Å². The van der Waals surface area contributed by atoms with E-state index in [1.165, 1.54) is 29.5 Å². The van der Waals surface area contributed by atoms with Crippen LogP contribution in [-0.2, 0) is 50.6 Å². The number of thiazole rings is 1. The minimum Gasteiger partial charge on any atom is -0.505 e. The summed E-state index contributed by atoms with van der Waals surface area (Å²) < 4.78 is 178. The van der Waals surface area contributed by atoms with Crippen molar-refractivity contribution in [3.63, 3.8) is 0 Å². The molecule has 6 aromatic carbocycles. The van der Waals surface area contributed by atoms with E-state index in [2.05, 4.69) is 40.8 Å². The lowest BCUT2D eigenvalue weighted by molar-refractivity contribution is 0.317. The summed E-state index contributed by atoms with van der Waals surface area (Å²) in [5.41, 5.74) is 0.660. The van der Waals surface area contributed by atoms with Crippen LogP contribution in [0.15, 0.2) is 135 Å². The summed E-state index contributed by atoms with van der Waals surface area (Å²) in [5.74, 6) is -2.21. The van der Waals surface area contributed by atoms with Crippen LogP contribution < -0.4 is 4.74 Å². The molecule has 0 unspecified atom stereocenters. The molecule has 0 bridgehead atoms. The number of azo groups is 3. The van der Waals surface area contributed by atoms with E-state index in [1.54, 1.807) is 6.92 Å². The van der Waals surface area contributed by atoms with Crippen LogP contribution in [0.4, 0.5) is 33.6 Å². The Morgan fingerprint density at radius 3 is 1.88 bits per heavy atom. The first kappa shape index (κ1) is 53.0. The zero-order valence-corrected chi connectivity index (χ0v) is 42.2. The number of aromatic nitrogens is 3. The SMILES string of the molecule is Cc1cc(N=Nc2ccc3c(S(=O)(=O)O)c(N=Nc4cnn(-c5cc(S(=O)(=O)O)c6cc(S(=O)(=O)O)cc(S(=O)(=O)O)c6c5)c4O)ccc3c2O)c(OCCCS(=O)(=O)O)cc1N=Nc1nc2c(C)cccc2s1. The molecule has 7 N–H and O–H groups in total. The Morgan fingerprint density at radius 1 is 0.595 bits per heavy atom. The van der Waals surface area contributed by atoms with Gasteiger partial charge in [0.2, 0.25) is 11.0 Å². The van der Waals surface area contributed by atoms with Crippen molar-refractivity contribution in [2.24, 2.45) is 30.7 Å². The summed E-state index contributed by atoms with van der Waals surface area (Å²) in [6.45, 7) is 3.37. The van der Waals surface area contributed by atoms with Gasteiger partial charge in [-0.25, -0.2) is 4.98 Å². The quantitative estimate of drug-likeness (QED) is 0.0270. The van der Waals surface area contributed by atoms with Crippen LogP contribution in [0.1, 0.15) is 17.5 Å². The first-order chi connectivity index (χ1) is 34.5. The van der Waals surface area contributed by atoms with Gasteiger partial charge in [-0.1, -0.05) is 29.5 Å². The van der Waals surface area contributed by atoms with Gasteiger partial charge in [0.1, 0.15) is 37.5 Å². The van der Waals surface area contributed by atoms with Gasteiger partial charge in [0, 0.05) is 27.6 Å². The predicted molar refractivity (Wildman–Crippen MR) is 262 cm³/mol. The summed E-state index contributed by atoms with van der Waals surface area (Å²) in [4.78, 5) is 0.0187. The Balaban J connectivity index is 1.13. The number of aryl methyl sites for hydroxylation is 2. The smallest absolute Gasteiger partial charge is 0.297 e. The molecule has 0 radical (unpaired) electrons. The van der Waals surface area contributed by atoms with Crippen molar-refractivity contribution >= 4 is 127 Å². The molecule has 0 atom stereocenters. The van der Waals surface area contributed by atoms with E-state index in [0.717, 1.165) is 46.2 Å². The standard InChI is InChI=1S/C41H33N9O18S6/c1-20-5-3-6-34-37(20)43-41(69-34)49-46-30-18-33(68-11-4-12-70(53,54)55)31(13-21(30)2)47-44-28-9-8-25-24(38(28)51)7-10-29(39(25)74(65,66)67)45-48-32-19-42-50(40(32)52)22-14-26-27(35(15-22)72(59,60)61)16-23(71(56,57)58)17-36(26)73(62,63)64/h3,5-10,13-19,51-52H,4,11-12H2,1-2H3,(H,53,54,55)(H,56,57,58)(H,59,60,61)(H,62,63,64)(H,65,66,67). The summed E-state index contributed by atoms with van der Waals surface area (Å²) in [6, 6.07) is 15.3. The van der Waals surface area contributed by atoms with Crippen molar-refractivity contribution in [1.29, 1.82) is 0 Å². The molecule has 0 amide bonds. The molecule has 8 rings (SSSR count). The minimum absolute atomic E-state index is 0.0348. The van der Waals surface area contributed by atoms with Gasteiger partial charge in [-0.15, -0.1) is 30.7 Å². The van der Waals surface area contributed by atoms with Crippen LogP contribution in [0.25, 0.3) is 37.4 Å². The fraction of sp³-hybridized carbons (Fsp3) is 0.122. The highest BCUT2D eigenvalue weighted by Gasteiger charge is 2.28. The molecular weight excluding hydrogens is 1100 g/mol. The Bertz CT molecular complexity index is 4350. The van der Waals surface area contributed by atoms with Crippen molar-refractivity contribution in [2.45, 2.75) is 39.9 Å². The van der Waals surface area contributed by atoms with Gasteiger partial charge in [-0.3, -0.25) is 22.8 Å². The van der Waals surface area contributed by atoms with E-state index in [0.29, 0.717) is 39.3 Å². The fourth-order valence-corrected chi connectivity index (χ4v) is 11.5. The Labute approximate surface area is 421 Å². The van der Waals surface area contributed by atoms with Crippen LogP contribution in [0.2, 0.25) is 0 Å². The highest BCUT2D eigenvalue weighted by Crippen LogP contribution is 2.44. The second-order valence-electron chi connectivity index (χ2n) is 15.7. The number of hydrogen-bond donors (Lipinski definition) is 7. The molecule has 0 aliphatic heterocycles. The average molecular weight is 1130 g/mol. The zero-order chi connectivity index (χ0) is 53.9. The van der Waals surface area contributed by atoms with Crippen LogP contribution in [0, 0.1) is 13.8 Å². The third kappa shape index (κ3) is 11.3. The molecule has 386 valence electrons. The van der Waals surface area contributed by atoms with E-state index in [-0.39, 0.29) is 40.9 Å². The van der Waals surface area contributed by atoms with Crippen LogP contribution in [0.3, 0.4) is 0 Å². The molecule has 0 saturated heterocycles. The van der Waals surface area contributed by atoms with Gasteiger partial charge in [-0.05, 0) is 86.0 Å². The van der Waals surface area contributed by atoms with E-state index in [1.807, 2.05) is 25.1 Å². The Morgan fingerprint density at radius 2 is 1.22 bits per heavy atom. The third-order valence-corrected chi connectivity index (χ3v) is 15.9. The number of fused-ring (bicyclic) bond motifs is 3. The summed E-state index contributed by atoms with van der Waals surface area (Å²) in [5, 5.41) is 49.2. The van der Waals surface area contributed by atoms with Crippen molar-refractivity contribution in [1.82, 2.24) is 14.8 Å². The van der Waals surface area contributed by atoms with Crippen molar-refractivity contribution < 1.29 is 79.8 Å². The number of hydrogen-bond acceptors (Lipinski definition) is 22. The van der Waals surface area contributed by atoms with E-state index in [4.69, 9.17) is 4.74 Å². The molecule has 27 nitrogen and oxygen atoms in total. The molecule has 2 heterocycles. The number of phenols is 1. The number of nitrogens with zero attached hydrogens (tertiary/aromatic N) is 9. The number of phenolic OH excluding ortho intramolecular Hbond substituents is 1. The average Bonchev–Trinajstić information content (AvgIpc) is 3.90. The lowest BCUT2D eigenvalue weighted by atomic mass is 10.1. The van der Waals surface area contributed by atoms with Crippen molar-refractivity contribution in [3.05, 3.63) is 96.2 Å². The van der Waals surface area contributed by atoms with E-state index >= 15 is 0 Å². The molecule has 8 aromatic rings. The van der Waals surface area contributed by atoms with Gasteiger partial charge in [-0.2, -0.15) is 51.9 Å². The third-order valence-electron chi connectivity index (χ3n) is 10.6. The summed E-state index contributed by atoms with van der Waals surface area (Å²) >= 11 is 1.31. The second kappa shape index (κ2) is 19.5. The summed E-state index contributed by atoms with van der Waals surface area (Å²) in [6.07, 6.45) is 0.679. The number of rotatable bonds is 16. The van der Waals surface area contributed by atoms with Gasteiger partial charge in [0.05, 0.1) is 45.0 Å². The van der Waals surface area contributed by atoms with Gasteiger partial charge >= 0.3 is 0 Å². The molecule has 2 aromatic heterocycles. The fourth-order valence-electron chi connectivity index (χ4n) is 7.23. The highest BCUT2D eigenvalue weighted by molar-refractivity contribution is 7.87. The molecule has 74 heavy (non-hydrogen) atoms. The Kier molecular flexibility index (Phi) is 14.0. The minimum atomic E-state index is -5.40. The van der Waals surface area contributed by atoms with Crippen LogP contribution in [-0.4, -0.2) is 102 Å².